The molecule has 0 bridgehead atoms. The minimum absolute atomic E-state index is 0.123. The van der Waals surface area contributed by atoms with E-state index < -0.39 is 0 Å². The summed E-state index contributed by atoms with van der Waals surface area (Å²) in [6, 6.07) is 6.08. The summed E-state index contributed by atoms with van der Waals surface area (Å²) < 4.78 is 5.44. The third kappa shape index (κ3) is 5.39. The van der Waals surface area contributed by atoms with Crippen LogP contribution in [0.1, 0.15) is 32.6 Å². The fourth-order valence-corrected chi connectivity index (χ4v) is 3.43. The van der Waals surface area contributed by atoms with Gasteiger partial charge in [0.05, 0.1) is 23.7 Å². The summed E-state index contributed by atoms with van der Waals surface area (Å²) >= 11 is 0. The van der Waals surface area contributed by atoms with Crippen molar-refractivity contribution in [2.45, 2.75) is 32.9 Å². The minimum atomic E-state index is -0.123. The van der Waals surface area contributed by atoms with E-state index in [9.17, 15) is 0 Å². The topological polar surface area (TPSA) is 112 Å². The molecule has 0 spiro atoms. The Kier molecular flexibility index (Phi) is 6.93. The Morgan fingerprint density at radius 2 is 1.88 bits per heavy atom. The summed E-state index contributed by atoms with van der Waals surface area (Å²) in [6.45, 7) is 9.98. The van der Waals surface area contributed by atoms with Crippen LogP contribution in [0.4, 0.5) is 23.3 Å². The first-order valence-corrected chi connectivity index (χ1v) is 10.9. The van der Waals surface area contributed by atoms with E-state index in [1.165, 1.54) is 0 Å². The van der Waals surface area contributed by atoms with Gasteiger partial charge in [0.1, 0.15) is 11.3 Å². The maximum absolute atomic E-state index is 5.44. The summed E-state index contributed by atoms with van der Waals surface area (Å²) in [5.41, 5.74) is 5.92. The molecule has 0 aliphatic carbocycles. The smallest absolute Gasteiger partial charge is 0.229 e. The molecule has 170 valence electrons. The molecule has 32 heavy (non-hydrogen) atoms. The fraction of sp³-hybridized carbons (Fsp3) is 0.455. The fourth-order valence-electron chi connectivity index (χ4n) is 3.43. The number of hydrogen-bond donors (Lipinski definition) is 4. The van der Waals surface area contributed by atoms with Crippen molar-refractivity contribution in [3.63, 3.8) is 0 Å². The summed E-state index contributed by atoms with van der Waals surface area (Å²) in [4.78, 5) is 18.4. The SMILES string of the molecule is CO[C@H](C)c1cc2cnc(Nc3ccc(NN4CCNCC4)cn3)nc2c(NC(C)C)n1. The van der Waals surface area contributed by atoms with Crippen LogP contribution in [0.15, 0.2) is 30.6 Å². The number of piperazine rings is 1. The largest absolute Gasteiger partial charge is 0.375 e. The van der Waals surface area contributed by atoms with Crippen LogP contribution in [-0.2, 0) is 4.74 Å². The second-order valence-corrected chi connectivity index (χ2v) is 8.11. The predicted molar refractivity (Wildman–Crippen MR) is 127 cm³/mol. The quantitative estimate of drug-likeness (QED) is 0.420. The average molecular weight is 438 g/mol. The lowest BCUT2D eigenvalue weighted by Gasteiger charge is -2.28. The summed E-state index contributed by atoms with van der Waals surface area (Å²) in [7, 11) is 1.67. The van der Waals surface area contributed by atoms with E-state index >= 15 is 0 Å². The molecule has 1 atom stereocenters. The van der Waals surface area contributed by atoms with Crippen LogP contribution in [0.2, 0.25) is 0 Å². The van der Waals surface area contributed by atoms with E-state index in [0.717, 1.165) is 48.5 Å². The number of fused-ring (bicyclic) bond motifs is 1. The number of ether oxygens (including phenoxy) is 1. The van der Waals surface area contributed by atoms with Crippen LogP contribution in [0.3, 0.4) is 0 Å². The highest BCUT2D eigenvalue weighted by Crippen LogP contribution is 2.26. The molecule has 1 fully saturated rings. The number of pyridine rings is 2. The Bertz CT molecular complexity index is 1040. The molecule has 4 rings (SSSR count). The molecule has 0 saturated carbocycles. The predicted octanol–water partition coefficient (Wildman–Crippen LogP) is 2.92. The zero-order chi connectivity index (χ0) is 22.5. The molecule has 0 amide bonds. The van der Waals surface area contributed by atoms with Crippen molar-refractivity contribution in [3.8, 4) is 0 Å². The minimum Gasteiger partial charge on any atom is -0.375 e. The van der Waals surface area contributed by atoms with Crippen molar-refractivity contribution >= 4 is 34.2 Å². The van der Waals surface area contributed by atoms with E-state index in [4.69, 9.17) is 14.7 Å². The van der Waals surface area contributed by atoms with Gasteiger partial charge in [-0.1, -0.05) is 0 Å². The lowest BCUT2D eigenvalue weighted by molar-refractivity contribution is 0.116. The monoisotopic (exact) mass is 437 g/mol. The van der Waals surface area contributed by atoms with Crippen LogP contribution >= 0.6 is 0 Å². The van der Waals surface area contributed by atoms with Gasteiger partial charge in [-0.3, -0.25) is 0 Å². The van der Waals surface area contributed by atoms with Gasteiger partial charge in [0.2, 0.25) is 5.95 Å². The number of nitrogens with zero attached hydrogens (tertiary/aromatic N) is 5. The standard InChI is InChI=1S/C22H31N9O/c1-14(2)26-21-20-16(11-18(27-21)15(3)32-4)12-25-22(29-20)28-19-6-5-17(13-24-19)30-31-9-7-23-8-10-31/h5-6,11-15,23,30H,7-10H2,1-4H3,(H,26,27)(H,24,25,28,29)/t15-/m1/s1. The number of hydrazine groups is 1. The lowest BCUT2D eigenvalue weighted by atomic mass is 10.2. The van der Waals surface area contributed by atoms with Gasteiger partial charge in [0.25, 0.3) is 0 Å². The zero-order valence-corrected chi connectivity index (χ0v) is 19.0. The van der Waals surface area contributed by atoms with Crippen molar-refractivity contribution in [2.75, 3.05) is 49.3 Å². The highest BCUT2D eigenvalue weighted by molar-refractivity contribution is 5.89. The molecule has 10 nitrogen and oxygen atoms in total. The number of aromatic nitrogens is 4. The van der Waals surface area contributed by atoms with Gasteiger partial charge in [0, 0.05) is 50.9 Å². The Labute approximate surface area is 188 Å². The van der Waals surface area contributed by atoms with Gasteiger partial charge < -0.3 is 26.1 Å². The number of hydrogen-bond acceptors (Lipinski definition) is 10. The molecular formula is C22H31N9O. The van der Waals surface area contributed by atoms with Crippen molar-refractivity contribution < 1.29 is 4.74 Å². The third-order valence-electron chi connectivity index (χ3n) is 5.19. The molecule has 4 N–H and O–H groups in total. The van der Waals surface area contributed by atoms with Crippen LogP contribution < -0.4 is 21.4 Å². The first-order valence-electron chi connectivity index (χ1n) is 10.9. The highest BCUT2D eigenvalue weighted by atomic mass is 16.5. The van der Waals surface area contributed by atoms with E-state index in [1.54, 1.807) is 19.5 Å². The molecule has 0 radical (unpaired) electrons. The summed E-state index contributed by atoms with van der Waals surface area (Å²) in [5, 5.41) is 13.0. The van der Waals surface area contributed by atoms with Crippen LogP contribution in [0.5, 0.6) is 0 Å². The third-order valence-corrected chi connectivity index (χ3v) is 5.19. The number of methoxy groups -OCH3 is 1. The van der Waals surface area contributed by atoms with Crippen molar-refractivity contribution in [3.05, 3.63) is 36.3 Å². The second kappa shape index (κ2) is 10.0. The van der Waals surface area contributed by atoms with Gasteiger partial charge in [-0.25, -0.2) is 24.9 Å². The van der Waals surface area contributed by atoms with Crippen LogP contribution in [-0.4, -0.2) is 64.3 Å². The molecule has 0 unspecified atom stereocenters. The molecule has 3 aromatic heterocycles. The average Bonchev–Trinajstić information content (AvgIpc) is 2.80. The number of rotatable bonds is 8. The first-order chi connectivity index (χ1) is 15.5. The molecule has 1 aliphatic rings. The Morgan fingerprint density at radius 3 is 2.56 bits per heavy atom. The molecule has 4 heterocycles. The van der Waals surface area contributed by atoms with Gasteiger partial charge in [-0.05, 0) is 39.0 Å². The molecular weight excluding hydrogens is 406 g/mol. The van der Waals surface area contributed by atoms with Crippen molar-refractivity contribution in [1.82, 2.24) is 30.3 Å². The lowest BCUT2D eigenvalue weighted by Crippen LogP contribution is -2.46. The van der Waals surface area contributed by atoms with E-state index in [-0.39, 0.29) is 12.1 Å². The molecule has 0 aromatic carbocycles. The van der Waals surface area contributed by atoms with Gasteiger partial charge >= 0.3 is 0 Å². The maximum Gasteiger partial charge on any atom is 0.229 e. The van der Waals surface area contributed by atoms with E-state index in [0.29, 0.717) is 17.6 Å². The van der Waals surface area contributed by atoms with Gasteiger partial charge in [0.15, 0.2) is 5.82 Å². The first kappa shape index (κ1) is 22.1. The number of anilines is 4. The molecule has 3 aromatic rings. The number of nitrogens with one attached hydrogen (secondary N) is 4. The van der Waals surface area contributed by atoms with Crippen molar-refractivity contribution in [1.29, 1.82) is 0 Å². The van der Waals surface area contributed by atoms with E-state index in [1.807, 2.05) is 25.1 Å². The molecule has 1 aliphatic heterocycles. The van der Waals surface area contributed by atoms with Crippen molar-refractivity contribution in [2.24, 2.45) is 0 Å². The molecule has 10 heteroatoms. The normalized spacial score (nSPS) is 15.7. The molecule has 1 saturated heterocycles. The second-order valence-electron chi connectivity index (χ2n) is 8.11. The Hall–Kier alpha value is -3.08. The Balaban J connectivity index is 1.53. The Morgan fingerprint density at radius 1 is 1.06 bits per heavy atom. The highest BCUT2D eigenvalue weighted by Gasteiger charge is 2.15. The summed E-state index contributed by atoms with van der Waals surface area (Å²) in [5.74, 6) is 1.85. The van der Waals surface area contributed by atoms with Crippen LogP contribution in [0, 0.1) is 0 Å². The summed E-state index contributed by atoms with van der Waals surface area (Å²) in [6.07, 6.45) is 3.48. The van der Waals surface area contributed by atoms with Gasteiger partial charge in [-0.2, -0.15) is 0 Å². The van der Waals surface area contributed by atoms with Gasteiger partial charge in [-0.15, -0.1) is 0 Å². The maximum atomic E-state index is 5.44. The zero-order valence-electron chi connectivity index (χ0n) is 19.0. The van der Waals surface area contributed by atoms with E-state index in [2.05, 4.69) is 50.2 Å². The van der Waals surface area contributed by atoms with Crippen LogP contribution in [0.25, 0.3) is 10.9 Å².